The first kappa shape index (κ1) is 14.6. The Morgan fingerprint density at radius 2 is 1.20 bits per heavy atom. The number of hydrogen-bond donors (Lipinski definition) is 0. The van der Waals surface area contributed by atoms with E-state index in [1.165, 1.54) is 17.0 Å². The molecule has 0 atom stereocenters. The van der Waals surface area contributed by atoms with E-state index in [0.717, 1.165) is 11.3 Å². The van der Waals surface area contributed by atoms with Crippen LogP contribution in [0, 0.1) is 0 Å². The van der Waals surface area contributed by atoms with Crippen LogP contribution in [0.25, 0.3) is 92.4 Å². The zero-order valence-corrected chi connectivity index (χ0v) is 26.2. The Balaban J connectivity index is 1.18. The highest BCUT2D eigenvalue weighted by atomic mass is 32.1. The molecule has 0 saturated carbocycles. The fourth-order valence-corrected chi connectivity index (χ4v) is 7.06. The molecular formula is C46H29N3S. The van der Waals surface area contributed by atoms with Crippen LogP contribution < -0.4 is 0 Å². The third kappa shape index (κ3) is 4.73. The lowest BCUT2D eigenvalue weighted by Gasteiger charge is -2.10. The molecule has 0 radical (unpaired) electrons. The van der Waals surface area contributed by atoms with E-state index < -0.39 is 143 Å². The molecule has 4 heteroatoms. The molecule has 50 heavy (non-hydrogen) atoms. The third-order valence-corrected chi connectivity index (χ3v) is 9.33. The highest BCUT2D eigenvalue weighted by Crippen LogP contribution is 2.41. The SMILES string of the molecule is [2H]c1c([2H])c([2H])c(-c2c([2H])c([2H])c(-c3c([2H])c([2H])c([2H])c(-c4ccc5sc6c(-c7c([2H])c([2H])c([2H])c(-n8c9ccccc9c9c([2H])c([2H])c([2H])c([2H])c98)c7[2H])ncnc6c5c4)c3[2H])c([2H])c2[2H])c([2H])c1[2H]. The summed E-state index contributed by atoms with van der Waals surface area (Å²) in [6.45, 7) is 0. The smallest absolute Gasteiger partial charge is 0.116 e. The molecule has 0 fully saturated rings. The quantitative estimate of drug-likeness (QED) is 0.182. The van der Waals surface area contributed by atoms with Crippen molar-refractivity contribution < 1.29 is 28.8 Å². The van der Waals surface area contributed by atoms with Crippen LogP contribution in [-0.2, 0) is 0 Å². The molecule has 0 spiro atoms. The van der Waals surface area contributed by atoms with Gasteiger partial charge in [-0.3, -0.25) is 0 Å². The van der Waals surface area contributed by atoms with E-state index >= 15 is 0 Å². The standard InChI is InChI=1S/C46H29N3S/c1-2-10-30(11-3-1)31-20-22-32(23-21-31)33-12-8-13-34(26-33)35-24-25-43-40(28-35)45-46(50-43)44(47-29-48-45)36-14-9-15-37(27-36)49-41-18-6-4-16-38(41)39-17-5-7-19-42(39)49/h1-29H/i1D,2D,3D,4D,6D,8D,9D,10D,11D,12D,13D,14D,15D,16D,18D,20D,21D,22D,23D,26D,27D. The van der Waals surface area contributed by atoms with Crippen LogP contribution in [0.3, 0.4) is 0 Å². The summed E-state index contributed by atoms with van der Waals surface area (Å²) in [6.07, 6.45) is 1.17. The highest BCUT2D eigenvalue weighted by Gasteiger charge is 2.16. The minimum atomic E-state index is -0.834. The normalized spacial score (nSPS) is 17.5. The van der Waals surface area contributed by atoms with Crippen LogP contribution in [-0.4, -0.2) is 14.5 Å². The predicted octanol–water partition coefficient (Wildman–Crippen LogP) is 12.6. The van der Waals surface area contributed by atoms with E-state index in [4.69, 9.17) is 26.0 Å². The molecule has 234 valence electrons. The van der Waals surface area contributed by atoms with E-state index in [9.17, 15) is 2.74 Å². The molecule has 3 aromatic heterocycles. The van der Waals surface area contributed by atoms with Crippen molar-refractivity contribution in [1.29, 1.82) is 0 Å². The van der Waals surface area contributed by atoms with Gasteiger partial charge in [-0.1, -0.05) is 127 Å². The fraction of sp³-hybridized carbons (Fsp3) is 0. The summed E-state index contributed by atoms with van der Waals surface area (Å²) in [5, 5.41) is 0.946. The molecule has 0 saturated heterocycles. The first-order valence-electron chi connectivity index (χ1n) is 25.6. The average molecular weight is 677 g/mol. The largest absolute Gasteiger partial charge is 0.309 e. The van der Waals surface area contributed by atoms with Gasteiger partial charge in [0.25, 0.3) is 0 Å². The van der Waals surface area contributed by atoms with Crippen molar-refractivity contribution in [3.8, 4) is 50.3 Å². The number of thiophene rings is 1. The van der Waals surface area contributed by atoms with Crippen molar-refractivity contribution in [3.05, 3.63) is 176 Å². The highest BCUT2D eigenvalue weighted by molar-refractivity contribution is 7.26. The van der Waals surface area contributed by atoms with Crippen LogP contribution in [0.1, 0.15) is 28.8 Å². The van der Waals surface area contributed by atoms with Gasteiger partial charge in [-0.2, -0.15) is 0 Å². The molecular weight excluding hydrogens is 627 g/mol. The van der Waals surface area contributed by atoms with Crippen molar-refractivity contribution in [2.24, 2.45) is 0 Å². The monoisotopic (exact) mass is 676 g/mol. The Hall–Kier alpha value is -6.36. The lowest BCUT2D eigenvalue weighted by atomic mass is 9.96. The molecule has 10 aromatic rings. The lowest BCUT2D eigenvalue weighted by molar-refractivity contribution is 1.18. The van der Waals surface area contributed by atoms with Gasteiger partial charge in [-0.15, -0.1) is 11.3 Å². The molecule has 10 rings (SSSR count). The number of rotatable bonds is 5. The Labute approximate surface area is 322 Å². The summed E-state index contributed by atoms with van der Waals surface area (Å²) >= 11 is 1.14. The number of para-hydroxylation sites is 2. The second kappa shape index (κ2) is 11.7. The maximum atomic E-state index is 9.64. The molecule has 3 nitrogen and oxygen atoms in total. The van der Waals surface area contributed by atoms with Crippen LogP contribution in [0.2, 0.25) is 0 Å². The summed E-state index contributed by atoms with van der Waals surface area (Å²) in [5.41, 5.74) is -2.25. The Morgan fingerprint density at radius 1 is 0.500 bits per heavy atom. The molecule has 0 aliphatic carbocycles. The van der Waals surface area contributed by atoms with Gasteiger partial charge in [0.15, 0.2) is 0 Å². The summed E-state index contributed by atoms with van der Waals surface area (Å²) in [6, 6.07) is -2.43. The van der Waals surface area contributed by atoms with Gasteiger partial charge in [0.05, 0.1) is 55.7 Å². The predicted molar refractivity (Wildman–Crippen MR) is 211 cm³/mol. The summed E-state index contributed by atoms with van der Waals surface area (Å²) < 4.78 is 187. The molecule has 3 heterocycles. The topological polar surface area (TPSA) is 30.7 Å². The van der Waals surface area contributed by atoms with Crippen molar-refractivity contribution in [3.63, 3.8) is 0 Å². The van der Waals surface area contributed by atoms with Gasteiger partial charge in [0.2, 0.25) is 0 Å². The molecule has 0 aliphatic rings. The third-order valence-electron chi connectivity index (χ3n) is 8.17. The molecule has 0 unspecified atom stereocenters. The molecule has 0 N–H and O–H groups in total. The van der Waals surface area contributed by atoms with E-state index in [1.807, 2.05) is 0 Å². The number of aromatic nitrogens is 3. The first-order chi connectivity index (χ1) is 33.5. The van der Waals surface area contributed by atoms with Gasteiger partial charge in [0, 0.05) is 32.1 Å². The minimum Gasteiger partial charge on any atom is -0.309 e. The Morgan fingerprint density at radius 3 is 2.08 bits per heavy atom. The first-order valence-corrected chi connectivity index (χ1v) is 15.9. The second-order valence-electron chi connectivity index (χ2n) is 11.0. The number of hydrogen-bond acceptors (Lipinski definition) is 3. The molecule has 7 aromatic carbocycles. The maximum absolute atomic E-state index is 9.64. The fourth-order valence-electron chi connectivity index (χ4n) is 5.93. The zero-order chi connectivity index (χ0) is 51.3. The number of fused-ring (bicyclic) bond motifs is 6. The van der Waals surface area contributed by atoms with Crippen molar-refractivity contribution in [2.75, 3.05) is 0 Å². The van der Waals surface area contributed by atoms with Gasteiger partial charge < -0.3 is 4.57 Å². The summed E-state index contributed by atoms with van der Waals surface area (Å²) in [5.74, 6) is 0. The van der Waals surface area contributed by atoms with E-state index in [2.05, 4.69) is 9.97 Å². The Kier molecular flexibility index (Phi) is 3.41. The van der Waals surface area contributed by atoms with Gasteiger partial charge >= 0.3 is 0 Å². The maximum Gasteiger partial charge on any atom is 0.116 e. The number of nitrogens with zero attached hydrogens (tertiary/aromatic N) is 3. The molecule has 0 bridgehead atoms. The van der Waals surface area contributed by atoms with Crippen LogP contribution >= 0.6 is 11.3 Å². The van der Waals surface area contributed by atoms with Crippen LogP contribution in [0.15, 0.2) is 176 Å². The number of benzene rings is 7. The summed E-state index contributed by atoms with van der Waals surface area (Å²) in [4.78, 5) is 9.01. The van der Waals surface area contributed by atoms with E-state index in [0.29, 0.717) is 25.7 Å². The van der Waals surface area contributed by atoms with Crippen molar-refractivity contribution >= 4 is 53.4 Å². The van der Waals surface area contributed by atoms with Crippen LogP contribution in [0.4, 0.5) is 0 Å². The molecule has 0 aliphatic heterocycles. The van der Waals surface area contributed by atoms with Crippen LogP contribution in [0.5, 0.6) is 0 Å². The van der Waals surface area contributed by atoms with Gasteiger partial charge in [0.1, 0.15) is 6.33 Å². The lowest BCUT2D eigenvalue weighted by Crippen LogP contribution is -1.95. The zero-order valence-electron chi connectivity index (χ0n) is 46.4. The summed E-state index contributed by atoms with van der Waals surface area (Å²) in [7, 11) is 0. The average Bonchev–Trinajstić information content (AvgIpc) is 3.90. The Bertz CT molecular complexity index is 4030. The second-order valence-corrected chi connectivity index (χ2v) is 12.1. The van der Waals surface area contributed by atoms with E-state index in [1.54, 1.807) is 36.4 Å². The minimum absolute atomic E-state index is 0.0252. The van der Waals surface area contributed by atoms with E-state index in [-0.39, 0.29) is 50.5 Å². The van der Waals surface area contributed by atoms with Crippen molar-refractivity contribution in [1.82, 2.24) is 14.5 Å². The van der Waals surface area contributed by atoms with Crippen molar-refractivity contribution in [2.45, 2.75) is 0 Å². The molecule has 0 amide bonds. The van der Waals surface area contributed by atoms with Gasteiger partial charge in [-0.25, -0.2) is 9.97 Å². The van der Waals surface area contributed by atoms with Gasteiger partial charge in [-0.05, 0) is 75.7 Å².